The molecular formula is C20H28N4O2. The highest BCUT2D eigenvalue weighted by Crippen LogP contribution is 2.45. The molecule has 1 saturated heterocycles. The molecule has 2 bridgehead atoms. The zero-order valence-corrected chi connectivity index (χ0v) is 15.9. The van der Waals surface area contributed by atoms with Crippen LogP contribution in [0, 0.1) is 11.8 Å². The van der Waals surface area contributed by atoms with Gasteiger partial charge < -0.3 is 14.6 Å². The Morgan fingerprint density at radius 2 is 2.15 bits per heavy atom. The number of fused-ring (bicyclic) bond motifs is 3. The molecule has 6 nitrogen and oxygen atoms in total. The molecular weight excluding hydrogens is 328 g/mol. The molecule has 3 aliphatic rings. The molecule has 0 amide bonds. The van der Waals surface area contributed by atoms with E-state index in [1.54, 1.807) is 11.6 Å². The third-order valence-electron chi connectivity index (χ3n) is 6.58. The summed E-state index contributed by atoms with van der Waals surface area (Å²) in [5.41, 5.74) is 2.66. The van der Waals surface area contributed by atoms with Crippen molar-refractivity contribution in [3.05, 3.63) is 27.8 Å². The molecule has 2 aliphatic carbocycles. The minimum absolute atomic E-state index is 0.00561. The number of nitrogens with zero attached hydrogens (tertiary/aromatic N) is 3. The number of piperidine rings is 1. The van der Waals surface area contributed by atoms with Crippen LogP contribution in [0.4, 0.5) is 0 Å². The maximum absolute atomic E-state index is 13.0. The first-order valence-electron chi connectivity index (χ1n) is 10.00. The van der Waals surface area contributed by atoms with Gasteiger partial charge in [-0.1, -0.05) is 13.8 Å². The molecule has 5 rings (SSSR count). The first-order valence-corrected chi connectivity index (χ1v) is 10.00. The van der Waals surface area contributed by atoms with Crippen molar-refractivity contribution >= 4 is 5.65 Å². The molecule has 6 heteroatoms. The first-order chi connectivity index (χ1) is 12.6. The van der Waals surface area contributed by atoms with E-state index in [0.717, 1.165) is 54.5 Å². The van der Waals surface area contributed by atoms with E-state index in [-0.39, 0.29) is 11.5 Å². The fourth-order valence-corrected chi connectivity index (χ4v) is 4.99. The molecule has 3 fully saturated rings. The Balaban J connectivity index is 1.67. The van der Waals surface area contributed by atoms with E-state index in [9.17, 15) is 4.79 Å². The zero-order valence-electron chi connectivity index (χ0n) is 15.9. The summed E-state index contributed by atoms with van der Waals surface area (Å²) in [7, 11) is 1.70. The lowest BCUT2D eigenvalue weighted by Gasteiger charge is -2.24. The molecule has 2 aromatic heterocycles. The zero-order chi connectivity index (χ0) is 18.0. The van der Waals surface area contributed by atoms with E-state index in [4.69, 9.17) is 9.84 Å². The number of nitrogens with one attached hydrogen (secondary N) is 1. The number of hydrogen-bond donors (Lipinski definition) is 1. The van der Waals surface area contributed by atoms with Crippen molar-refractivity contribution in [2.75, 3.05) is 13.7 Å². The van der Waals surface area contributed by atoms with E-state index < -0.39 is 0 Å². The molecule has 1 aliphatic heterocycles. The largest absolute Gasteiger partial charge is 0.491 e. The van der Waals surface area contributed by atoms with Gasteiger partial charge in [0.05, 0.1) is 7.11 Å². The smallest absolute Gasteiger partial charge is 0.277 e. The third kappa shape index (κ3) is 2.42. The summed E-state index contributed by atoms with van der Waals surface area (Å²) in [6, 6.07) is 0.679. The molecule has 3 atom stereocenters. The van der Waals surface area contributed by atoms with Crippen LogP contribution in [-0.2, 0) is 6.54 Å². The van der Waals surface area contributed by atoms with Gasteiger partial charge in [0.15, 0.2) is 11.4 Å². The van der Waals surface area contributed by atoms with Crippen LogP contribution in [0.3, 0.4) is 0 Å². The lowest BCUT2D eigenvalue weighted by atomic mass is 9.95. The molecule has 2 saturated carbocycles. The van der Waals surface area contributed by atoms with Gasteiger partial charge in [-0.25, -0.2) is 0 Å². The maximum Gasteiger partial charge on any atom is 0.277 e. The monoisotopic (exact) mass is 356 g/mol. The van der Waals surface area contributed by atoms with Gasteiger partial charge in [-0.2, -0.15) is 9.61 Å². The third-order valence-corrected chi connectivity index (χ3v) is 6.58. The summed E-state index contributed by atoms with van der Waals surface area (Å²) in [5.74, 6) is 2.85. The van der Waals surface area contributed by atoms with Crippen molar-refractivity contribution in [1.29, 1.82) is 0 Å². The van der Waals surface area contributed by atoms with Gasteiger partial charge in [-0.3, -0.25) is 4.79 Å². The summed E-state index contributed by atoms with van der Waals surface area (Å²) < 4.78 is 9.65. The fourth-order valence-electron chi connectivity index (χ4n) is 4.99. The fraction of sp³-hybridized carbons (Fsp3) is 0.700. The summed E-state index contributed by atoms with van der Waals surface area (Å²) in [5, 5.41) is 8.31. The highest BCUT2D eigenvalue weighted by atomic mass is 16.5. The Hall–Kier alpha value is -1.82. The molecule has 0 spiro atoms. The second-order valence-electron chi connectivity index (χ2n) is 8.72. The number of hydrogen-bond acceptors (Lipinski definition) is 4. The average Bonchev–Trinajstić information content (AvgIpc) is 3.08. The van der Waals surface area contributed by atoms with Crippen molar-refractivity contribution in [3.8, 4) is 5.75 Å². The Morgan fingerprint density at radius 1 is 1.35 bits per heavy atom. The second kappa shape index (κ2) is 5.84. The minimum Gasteiger partial charge on any atom is -0.491 e. The standard InChI is InChI=1S/C20H28N4O2/c1-11(2)16-10-23(9-14-7-15-6-13(14)8-21-15)19-18(26-3)17(12-4-5-12)22-24(19)20(16)25/h10-15,21H,4-9H2,1-3H3/t13-,14-,15-/m1/s1. The molecule has 2 aromatic rings. The van der Waals surface area contributed by atoms with Gasteiger partial charge >= 0.3 is 0 Å². The lowest BCUT2D eigenvalue weighted by molar-refractivity contribution is 0.310. The molecule has 26 heavy (non-hydrogen) atoms. The number of aromatic nitrogens is 3. The SMILES string of the molecule is COc1c(C2CC2)nn2c(=O)c(C(C)C)cn(C[C@H]3C[C@H]4C[C@@H]3CN4)c12. The van der Waals surface area contributed by atoms with Crippen LogP contribution in [0.15, 0.2) is 11.0 Å². The summed E-state index contributed by atoms with van der Waals surface area (Å²) in [6.07, 6.45) is 6.88. The normalized spacial score (nSPS) is 27.8. The average molecular weight is 356 g/mol. The van der Waals surface area contributed by atoms with E-state index in [2.05, 4.69) is 29.9 Å². The maximum atomic E-state index is 13.0. The van der Waals surface area contributed by atoms with Gasteiger partial charge in [0.1, 0.15) is 5.69 Å². The Labute approximate surface area is 153 Å². The highest BCUT2D eigenvalue weighted by Gasteiger charge is 2.40. The van der Waals surface area contributed by atoms with Crippen molar-refractivity contribution < 1.29 is 4.74 Å². The minimum atomic E-state index is 0.00561. The van der Waals surface area contributed by atoms with Gasteiger partial charge in [-0.05, 0) is 50.0 Å². The lowest BCUT2D eigenvalue weighted by Crippen LogP contribution is -2.32. The number of rotatable bonds is 5. The summed E-state index contributed by atoms with van der Waals surface area (Å²) in [6.45, 7) is 6.23. The van der Waals surface area contributed by atoms with Crippen molar-refractivity contribution in [2.45, 2.75) is 64.0 Å². The molecule has 0 unspecified atom stereocenters. The van der Waals surface area contributed by atoms with E-state index >= 15 is 0 Å². The predicted octanol–water partition coefficient (Wildman–Crippen LogP) is 2.50. The Bertz CT molecular complexity index is 909. The summed E-state index contributed by atoms with van der Waals surface area (Å²) >= 11 is 0. The number of methoxy groups -OCH3 is 1. The van der Waals surface area contributed by atoms with Crippen molar-refractivity contribution in [2.24, 2.45) is 11.8 Å². The molecule has 0 aromatic carbocycles. The predicted molar refractivity (Wildman–Crippen MR) is 100 cm³/mol. The van der Waals surface area contributed by atoms with Crippen LogP contribution in [-0.4, -0.2) is 33.9 Å². The van der Waals surface area contributed by atoms with E-state index in [0.29, 0.717) is 17.9 Å². The summed E-state index contributed by atoms with van der Waals surface area (Å²) in [4.78, 5) is 13.0. The van der Waals surface area contributed by atoms with Crippen LogP contribution >= 0.6 is 0 Å². The van der Waals surface area contributed by atoms with Crippen LogP contribution in [0.1, 0.15) is 62.6 Å². The van der Waals surface area contributed by atoms with E-state index in [1.807, 2.05) is 0 Å². The van der Waals surface area contributed by atoms with Crippen molar-refractivity contribution in [1.82, 2.24) is 19.5 Å². The quantitative estimate of drug-likeness (QED) is 0.894. The Morgan fingerprint density at radius 3 is 2.73 bits per heavy atom. The van der Waals surface area contributed by atoms with Crippen LogP contribution in [0.5, 0.6) is 5.75 Å². The molecule has 0 radical (unpaired) electrons. The van der Waals surface area contributed by atoms with Crippen molar-refractivity contribution in [3.63, 3.8) is 0 Å². The highest BCUT2D eigenvalue weighted by molar-refractivity contribution is 5.59. The number of ether oxygens (including phenoxy) is 1. The topological polar surface area (TPSA) is 60.6 Å². The van der Waals surface area contributed by atoms with Crippen LogP contribution in [0.2, 0.25) is 0 Å². The molecule has 3 heterocycles. The molecule has 1 N–H and O–H groups in total. The van der Waals surface area contributed by atoms with Crippen LogP contribution < -0.4 is 15.6 Å². The van der Waals surface area contributed by atoms with Gasteiger partial charge in [0.2, 0.25) is 0 Å². The van der Waals surface area contributed by atoms with Gasteiger partial charge in [0, 0.05) is 30.3 Å². The first kappa shape index (κ1) is 16.4. The molecule has 140 valence electrons. The van der Waals surface area contributed by atoms with Gasteiger partial charge in [-0.15, -0.1) is 0 Å². The Kier molecular flexibility index (Phi) is 3.68. The van der Waals surface area contributed by atoms with E-state index in [1.165, 1.54) is 12.8 Å². The van der Waals surface area contributed by atoms with Gasteiger partial charge in [0.25, 0.3) is 5.56 Å². The van der Waals surface area contributed by atoms with Crippen LogP contribution in [0.25, 0.3) is 5.65 Å². The second-order valence-corrected chi connectivity index (χ2v) is 8.72.